The number of hydrogen-bond acceptors (Lipinski definition) is 3. The minimum Gasteiger partial charge on any atom is -0.497 e. The molecule has 3 nitrogen and oxygen atoms in total. The molecule has 1 aromatic rings. The average molecular weight is 276 g/mol. The van der Waals surface area contributed by atoms with Crippen molar-refractivity contribution in [2.45, 2.75) is 32.7 Å². The lowest BCUT2D eigenvalue weighted by Crippen LogP contribution is -2.43. The molecular formula is C17H28N2O. The van der Waals surface area contributed by atoms with E-state index < -0.39 is 0 Å². The van der Waals surface area contributed by atoms with Crippen LogP contribution in [0.2, 0.25) is 0 Å². The maximum atomic E-state index is 5.33. The number of benzene rings is 1. The van der Waals surface area contributed by atoms with Crippen LogP contribution in [0.3, 0.4) is 0 Å². The highest BCUT2D eigenvalue weighted by molar-refractivity contribution is 5.30. The molecule has 0 radical (unpaired) electrons. The fraction of sp³-hybridized carbons (Fsp3) is 0.647. The number of piperidine rings is 1. The van der Waals surface area contributed by atoms with Crippen molar-refractivity contribution in [1.82, 2.24) is 10.2 Å². The lowest BCUT2D eigenvalue weighted by Gasteiger charge is -2.39. The zero-order valence-electron chi connectivity index (χ0n) is 13.3. The molecule has 1 aromatic carbocycles. The van der Waals surface area contributed by atoms with Crippen LogP contribution in [0.25, 0.3) is 0 Å². The molecule has 3 heteroatoms. The largest absolute Gasteiger partial charge is 0.497 e. The number of rotatable bonds is 5. The van der Waals surface area contributed by atoms with E-state index in [2.05, 4.69) is 42.3 Å². The fourth-order valence-corrected chi connectivity index (χ4v) is 3.18. The third-order valence-corrected chi connectivity index (χ3v) is 4.26. The minimum atomic E-state index is 0.360. The highest BCUT2D eigenvalue weighted by atomic mass is 16.5. The maximum Gasteiger partial charge on any atom is 0.119 e. The maximum absolute atomic E-state index is 5.33. The van der Waals surface area contributed by atoms with Crippen LogP contribution < -0.4 is 10.1 Å². The van der Waals surface area contributed by atoms with Gasteiger partial charge in [0.05, 0.1) is 7.11 Å². The van der Waals surface area contributed by atoms with E-state index >= 15 is 0 Å². The molecule has 0 aliphatic carbocycles. The predicted molar refractivity (Wildman–Crippen MR) is 84.2 cm³/mol. The van der Waals surface area contributed by atoms with Crippen molar-refractivity contribution in [2.75, 3.05) is 33.8 Å². The highest BCUT2D eigenvalue weighted by Crippen LogP contribution is 2.29. The zero-order valence-corrected chi connectivity index (χ0v) is 13.3. The Kier molecular flexibility index (Phi) is 5.06. The molecule has 1 saturated heterocycles. The van der Waals surface area contributed by atoms with Crippen molar-refractivity contribution in [3.05, 3.63) is 29.8 Å². The van der Waals surface area contributed by atoms with E-state index in [0.717, 1.165) is 12.3 Å². The summed E-state index contributed by atoms with van der Waals surface area (Å²) in [5.41, 5.74) is 1.75. The Morgan fingerprint density at radius 3 is 2.85 bits per heavy atom. The van der Waals surface area contributed by atoms with Crippen molar-refractivity contribution in [3.8, 4) is 5.75 Å². The summed E-state index contributed by atoms with van der Waals surface area (Å²) in [4.78, 5) is 2.59. The highest BCUT2D eigenvalue weighted by Gasteiger charge is 2.27. The summed E-state index contributed by atoms with van der Waals surface area (Å²) in [6.07, 6.45) is 2.65. The molecule has 20 heavy (non-hydrogen) atoms. The van der Waals surface area contributed by atoms with Gasteiger partial charge >= 0.3 is 0 Å². The van der Waals surface area contributed by atoms with Gasteiger partial charge in [-0.15, -0.1) is 0 Å². The summed E-state index contributed by atoms with van der Waals surface area (Å²) in [5.74, 6) is 0.932. The van der Waals surface area contributed by atoms with Gasteiger partial charge in [-0.25, -0.2) is 0 Å². The third kappa shape index (κ3) is 3.97. The number of hydrogen-bond donors (Lipinski definition) is 1. The molecule has 0 amide bonds. The topological polar surface area (TPSA) is 24.5 Å². The molecule has 0 spiro atoms. The van der Waals surface area contributed by atoms with E-state index in [-0.39, 0.29) is 0 Å². The Labute approximate surface area is 123 Å². The molecule has 1 aliphatic heterocycles. The van der Waals surface area contributed by atoms with E-state index in [0.29, 0.717) is 11.5 Å². The molecule has 1 aliphatic rings. The van der Waals surface area contributed by atoms with Gasteiger partial charge in [-0.05, 0) is 49.5 Å². The zero-order chi connectivity index (χ0) is 14.6. The number of ether oxygens (including phenoxy) is 1. The molecule has 1 atom stereocenters. The van der Waals surface area contributed by atoms with Gasteiger partial charge in [0.25, 0.3) is 0 Å². The minimum absolute atomic E-state index is 0.360. The SMILES string of the molecule is CNC(CN1CCCC(C)(C)C1)c1cccc(OC)c1. The van der Waals surface area contributed by atoms with E-state index in [1.54, 1.807) is 7.11 Å². The lowest BCUT2D eigenvalue weighted by molar-refractivity contribution is 0.108. The first-order valence-electron chi connectivity index (χ1n) is 7.58. The Balaban J connectivity index is 2.04. The van der Waals surface area contributed by atoms with Crippen molar-refractivity contribution < 1.29 is 4.74 Å². The van der Waals surface area contributed by atoms with Crippen molar-refractivity contribution in [2.24, 2.45) is 5.41 Å². The van der Waals surface area contributed by atoms with Crippen LogP contribution in [-0.4, -0.2) is 38.7 Å². The Bertz CT molecular complexity index is 431. The lowest BCUT2D eigenvalue weighted by atomic mass is 9.84. The molecule has 112 valence electrons. The van der Waals surface area contributed by atoms with Crippen LogP contribution in [-0.2, 0) is 0 Å². The third-order valence-electron chi connectivity index (χ3n) is 4.26. The molecule has 1 fully saturated rings. The first kappa shape index (κ1) is 15.3. The van der Waals surface area contributed by atoms with Crippen LogP contribution in [0.15, 0.2) is 24.3 Å². The second kappa shape index (κ2) is 6.59. The van der Waals surface area contributed by atoms with Gasteiger partial charge in [0, 0.05) is 19.1 Å². The summed E-state index contributed by atoms with van der Waals surface area (Å²) >= 11 is 0. The molecule has 1 unspecified atom stereocenters. The number of nitrogens with one attached hydrogen (secondary N) is 1. The van der Waals surface area contributed by atoms with Crippen LogP contribution in [0.5, 0.6) is 5.75 Å². The Morgan fingerprint density at radius 1 is 1.40 bits per heavy atom. The van der Waals surface area contributed by atoms with Gasteiger partial charge in [-0.2, -0.15) is 0 Å². The van der Waals surface area contributed by atoms with Gasteiger partial charge in [0.15, 0.2) is 0 Å². The molecule has 1 heterocycles. The normalized spacial score (nSPS) is 20.6. The average Bonchev–Trinajstić information content (AvgIpc) is 2.44. The first-order chi connectivity index (χ1) is 9.54. The van der Waals surface area contributed by atoms with Gasteiger partial charge in [-0.1, -0.05) is 26.0 Å². The smallest absolute Gasteiger partial charge is 0.119 e. The Hall–Kier alpha value is -1.06. The first-order valence-corrected chi connectivity index (χ1v) is 7.58. The number of methoxy groups -OCH3 is 1. The van der Waals surface area contributed by atoms with Crippen LogP contribution >= 0.6 is 0 Å². The number of likely N-dealkylation sites (tertiary alicyclic amines) is 1. The summed E-state index contributed by atoms with van der Waals surface area (Å²) in [6, 6.07) is 8.74. The molecule has 0 bridgehead atoms. The van der Waals surface area contributed by atoms with Gasteiger partial charge in [0.1, 0.15) is 5.75 Å². The van der Waals surface area contributed by atoms with Crippen LogP contribution in [0.4, 0.5) is 0 Å². The predicted octanol–water partition coefficient (Wildman–Crippen LogP) is 3.08. The quantitative estimate of drug-likeness (QED) is 0.894. The summed E-state index contributed by atoms with van der Waals surface area (Å²) in [7, 11) is 3.76. The van der Waals surface area contributed by atoms with Gasteiger partial charge < -0.3 is 15.0 Å². The molecule has 1 N–H and O–H groups in total. The van der Waals surface area contributed by atoms with Crippen molar-refractivity contribution in [1.29, 1.82) is 0 Å². The van der Waals surface area contributed by atoms with E-state index in [4.69, 9.17) is 4.74 Å². The van der Waals surface area contributed by atoms with E-state index in [9.17, 15) is 0 Å². The second-order valence-corrected chi connectivity index (χ2v) is 6.62. The standard InChI is InChI=1S/C17H28N2O/c1-17(2)9-6-10-19(13-17)12-16(18-3)14-7-5-8-15(11-14)20-4/h5,7-8,11,16,18H,6,9-10,12-13H2,1-4H3. The van der Waals surface area contributed by atoms with Crippen LogP contribution in [0.1, 0.15) is 38.3 Å². The Morgan fingerprint density at radius 2 is 2.20 bits per heavy atom. The van der Waals surface area contributed by atoms with Crippen molar-refractivity contribution >= 4 is 0 Å². The van der Waals surface area contributed by atoms with E-state index in [1.807, 2.05) is 13.1 Å². The van der Waals surface area contributed by atoms with Crippen molar-refractivity contribution in [3.63, 3.8) is 0 Å². The monoisotopic (exact) mass is 276 g/mol. The fourth-order valence-electron chi connectivity index (χ4n) is 3.18. The summed E-state index contributed by atoms with van der Waals surface area (Å²) in [6.45, 7) is 8.21. The van der Waals surface area contributed by atoms with Crippen LogP contribution in [0, 0.1) is 5.41 Å². The van der Waals surface area contributed by atoms with Gasteiger partial charge in [0.2, 0.25) is 0 Å². The molecule has 0 saturated carbocycles. The molecule has 0 aromatic heterocycles. The summed E-state index contributed by atoms with van der Waals surface area (Å²) in [5, 5.41) is 3.45. The van der Waals surface area contributed by atoms with E-state index in [1.165, 1.54) is 31.5 Å². The molecular weight excluding hydrogens is 248 g/mol. The number of likely N-dealkylation sites (N-methyl/N-ethyl adjacent to an activating group) is 1. The second-order valence-electron chi connectivity index (χ2n) is 6.62. The van der Waals surface area contributed by atoms with Gasteiger partial charge in [-0.3, -0.25) is 0 Å². The number of nitrogens with zero attached hydrogens (tertiary/aromatic N) is 1. The summed E-state index contributed by atoms with van der Waals surface area (Å²) < 4.78 is 5.33. The molecule has 2 rings (SSSR count).